The summed E-state index contributed by atoms with van der Waals surface area (Å²) >= 11 is 0. The number of fused-ring (bicyclic) bond motifs is 4. The number of nitrogens with zero attached hydrogens (tertiary/aromatic N) is 5. The highest BCUT2D eigenvalue weighted by Crippen LogP contribution is 2.36. The van der Waals surface area contributed by atoms with Gasteiger partial charge >= 0.3 is 0 Å². The summed E-state index contributed by atoms with van der Waals surface area (Å²) in [5, 5.41) is 2.31. The molecule has 10 aromatic rings. The van der Waals surface area contributed by atoms with Crippen LogP contribution in [0.4, 0.5) is 0 Å². The highest BCUT2D eigenvalue weighted by molar-refractivity contribution is 6.10. The molecule has 0 aliphatic rings. The van der Waals surface area contributed by atoms with Crippen LogP contribution in [0.15, 0.2) is 180 Å². The van der Waals surface area contributed by atoms with E-state index in [0.717, 1.165) is 66.6 Å². The fourth-order valence-electron chi connectivity index (χ4n) is 6.98. The summed E-state index contributed by atoms with van der Waals surface area (Å²) in [5.41, 5.74) is 10.6. The molecule has 3 aromatic heterocycles. The van der Waals surface area contributed by atoms with Crippen LogP contribution in [0.25, 0.3) is 95.3 Å². The van der Waals surface area contributed by atoms with Gasteiger partial charge in [-0.1, -0.05) is 127 Å². The molecule has 0 aliphatic heterocycles. The summed E-state index contributed by atoms with van der Waals surface area (Å²) in [7, 11) is 0. The van der Waals surface area contributed by atoms with Gasteiger partial charge in [0.05, 0.1) is 11.0 Å². The van der Waals surface area contributed by atoms with Crippen molar-refractivity contribution in [2.45, 2.75) is 0 Å². The van der Waals surface area contributed by atoms with Crippen LogP contribution >= 0.6 is 0 Å². The smallest absolute Gasteiger partial charge is 0.227 e. The molecular weight excluding hydrogens is 639 g/mol. The monoisotopic (exact) mass is 667 g/mol. The molecule has 0 aliphatic carbocycles. The van der Waals surface area contributed by atoms with Crippen LogP contribution < -0.4 is 0 Å². The summed E-state index contributed by atoms with van der Waals surface area (Å²) in [6.07, 6.45) is 0. The van der Waals surface area contributed by atoms with E-state index in [-0.39, 0.29) is 0 Å². The molecule has 52 heavy (non-hydrogen) atoms. The van der Waals surface area contributed by atoms with Crippen LogP contribution in [0.2, 0.25) is 0 Å². The molecule has 3 heterocycles. The van der Waals surface area contributed by atoms with Crippen LogP contribution in [0.1, 0.15) is 0 Å². The van der Waals surface area contributed by atoms with Crippen LogP contribution in [0.3, 0.4) is 0 Å². The minimum Gasteiger partial charge on any atom is -0.436 e. The van der Waals surface area contributed by atoms with E-state index in [1.807, 2.05) is 60.7 Å². The fourth-order valence-corrected chi connectivity index (χ4v) is 6.98. The van der Waals surface area contributed by atoms with E-state index in [1.54, 1.807) is 0 Å². The van der Waals surface area contributed by atoms with Crippen molar-refractivity contribution in [1.29, 1.82) is 0 Å². The number of para-hydroxylation sites is 3. The molecule has 0 amide bonds. The molecule has 0 fully saturated rings. The van der Waals surface area contributed by atoms with E-state index < -0.39 is 0 Å². The SMILES string of the molecule is c1ccc(-c2cccc(-c3nc(-c4ccccc4)nc(-c4cccc(-n5c6ccccc6c6ccc(-c7nc8ccccc8o7)cc65)c4)n3)c2)cc1. The van der Waals surface area contributed by atoms with Crippen LogP contribution in [-0.2, 0) is 0 Å². The van der Waals surface area contributed by atoms with Crippen molar-refractivity contribution >= 4 is 32.9 Å². The molecule has 6 heteroatoms. The lowest BCUT2D eigenvalue weighted by Gasteiger charge is -2.12. The lowest BCUT2D eigenvalue weighted by Crippen LogP contribution is -2.01. The molecule has 0 N–H and O–H groups in total. The summed E-state index contributed by atoms with van der Waals surface area (Å²) in [4.78, 5) is 19.9. The Balaban J connectivity index is 1.14. The molecule has 0 bridgehead atoms. The van der Waals surface area contributed by atoms with E-state index in [2.05, 4.69) is 120 Å². The van der Waals surface area contributed by atoms with Crippen molar-refractivity contribution in [3.8, 4) is 62.4 Å². The van der Waals surface area contributed by atoms with E-state index in [1.165, 1.54) is 5.39 Å². The van der Waals surface area contributed by atoms with Crippen molar-refractivity contribution in [2.75, 3.05) is 0 Å². The van der Waals surface area contributed by atoms with Gasteiger partial charge in [-0.3, -0.25) is 0 Å². The third kappa shape index (κ3) is 5.22. The van der Waals surface area contributed by atoms with Gasteiger partial charge in [0.15, 0.2) is 23.1 Å². The zero-order valence-corrected chi connectivity index (χ0v) is 27.9. The Kier molecular flexibility index (Phi) is 7.03. The van der Waals surface area contributed by atoms with E-state index in [4.69, 9.17) is 24.4 Å². The van der Waals surface area contributed by atoms with E-state index in [9.17, 15) is 0 Å². The van der Waals surface area contributed by atoms with Gasteiger partial charge in [-0.05, 0) is 59.7 Å². The van der Waals surface area contributed by atoms with Crippen molar-refractivity contribution in [2.24, 2.45) is 0 Å². The van der Waals surface area contributed by atoms with Gasteiger partial charge in [0, 0.05) is 38.7 Å². The predicted octanol–water partition coefficient (Wildman–Crippen LogP) is 11.4. The minimum absolute atomic E-state index is 0.594. The first-order valence-electron chi connectivity index (χ1n) is 17.2. The van der Waals surface area contributed by atoms with Gasteiger partial charge in [0.1, 0.15) is 5.52 Å². The Bertz CT molecular complexity index is 2880. The molecule has 0 spiro atoms. The molecule has 0 unspecified atom stereocenters. The second-order valence-electron chi connectivity index (χ2n) is 12.7. The second kappa shape index (κ2) is 12.3. The maximum atomic E-state index is 6.18. The normalized spacial score (nSPS) is 11.5. The Morgan fingerprint density at radius 1 is 0.365 bits per heavy atom. The van der Waals surface area contributed by atoms with Crippen molar-refractivity contribution in [1.82, 2.24) is 24.5 Å². The molecule has 0 atom stereocenters. The molecule has 0 radical (unpaired) electrons. The number of hydrogen-bond donors (Lipinski definition) is 0. The standard InChI is InChI=1S/C46H29N5O/c1-3-13-30(14-4-1)32-17-11-18-33(27-32)44-48-43(31-15-5-2-6-16-31)49-45(50-44)34-19-12-20-36(28-34)51-40-23-9-7-21-37(40)38-26-25-35(29-41(38)51)46-47-39-22-8-10-24-42(39)52-46/h1-29H. The molecule has 244 valence electrons. The van der Waals surface area contributed by atoms with Crippen molar-refractivity contribution < 1.29 is 4.42 Å². The van der Waals surface area contributed by atoms with Gasteiger partial charge in [-0.2, -0.15) is 0 Å². The summed E-state index contributed by atoms with van der Waals surface area (Å²) in [6.45, 7) is 0. The van der Waals surface area contributed by atoms with E-state index in [0.29, 0.717) is 23.4 Å². The van der Waals surface area contributed by atoms with Gasteiger partial charge in [0.25, 0.3) is 0 Å². The topological polar surface area (TPSA) is 69.6 Å². The maximum Gasteiger partial charge on any atom is 0.227 e. The number of hydrogen-bond acceptors (Lipinski definition) is 5. The molecule has 10 rings (SSSR count). The molecule has 0 saturated carbocycles. The van der Waals surface area contributed by atoms with Crippen molar-refractivity contribution in [3.05, 3.63) is 176 Å². The van der Waals surface area contributed by atoms with Gasteiger partial charge in [0.2, 0.25) is 5.89 Å². The largest absolute Gasteiger partial charge is 0.436 e. The van der Waals surface area contributed by atoms with Crippen LogP contribution in [0, 0.1) is 0 Å². The van der Waals surface area contributed by atoms with Crippen molar-refractivity contribution in [3.63, 3.8) is 0 Å². The highest BCUT2D eigenvalue weighted by Gasteiger charge is 2.18. The first kappa shape index (κ1) is 29.7. The zero-order valence-electron chi connectivity index (χ0n) is 27.9. The fraction of sp³-hybridized carbons (Fsp3) is 0. The molecule has 7 aromatic carbocycles. The number of benzene rings is 7. The number of aromatic nitrogens is 5. The molecular formula is C46H29N5O. The summed E-state index contributed by atoms with van der Waals surface area (Å²) in [6, 6.07) is 60.0. The Labute approximate surface area is 299 Å². The molecule has 6 nitrogen and oxygen atoms in total. The maximum absolute atomic E-state index is 6.18. The van der Waals surface area contributed by atoms with Crippen LogP contribution in [-0.4, -0.2) is 24.5 Å². The average Bonchev–Trinajstić information content (AvgIpc) is 3.81. The predicted molar refractivity (Wildman–Crippen MR) is 209 cm³/mol. The average molecular weight is 668 g/mol. The Morgan fingerprint density at radius 2 is 0.962 bits per heavy atom. The lowest BCUT2D eigenvalue weighted by molar-refractivity contribution is 0.620. The first-order valence-corrected chi connectivity index (χ1v) is 17.2. The van der Waals surface area contributed by atoms with Crippen LogP contribution in [0.5, 0.6) is 0 Å². The Hall–Kier alpha value is -7.18. The second-order valence-corrected chi connectivity index (χ2v) is 12.7. The summed E-state index contributed by atoms with van der Waals surface area (Å²) in [5.74, 6) is 2.43. The molecule has 0 saturated heterocycles. The quantitative estimate of drug-likeness (QED) is 0.176. The summed E-state index contributed by atoms with van der Waals surface area (Å²) < 4.78 is 8.48. The van der Waals surface area contributed by atoms with Gasteiger partial charge in [-0.15, -0.1) is 0 Å². The van der Waals surface area contributed by atoms with Gasteiger partial charge in [-0.25, -0.2) is 19.9 Å². The number of rotatable bonds is 6. The first-order chi connectivity index (χ1) is 25.7. The highest BCUT2D eigenvalue weighted by atomic mass is 16.3. The van der Waals surface area contributed by atoms with Gasteiger partial charge < -0.3 is 8.98 Å². The lowest BCUT2D eigenvalue weighted by atomic mass is 10.0. The minimum atomic E-state index is 0.594. The zero-order chi connectivity index (χ0) is 34.4. The van der Waals surface area contributed by atoms with E-state index >= 15 is 0 Å². The Morgan fingerprint density at radius 3 is 1.75 bits per heavy atom. The number of oxazole rings is 1. The third-order valence-corrected chi connectivity index (χ3v) is 9.47. The third-order valence-electron chi connectivity index (χ3n) is 9.47.